The number of hydrogen-bond donors (Lipinski definition) is 1. The third-order valence-corrected chi connectivity index (χ3v) is 2.59. The minimum absolute atomic E-state index is 0.172. The van der Waals surface area contributed by atoms with Gasteiger partial charge in [-0.1, -0.05) is 0 Å². The van der Waals surface area contributed by atoms with E-state index in [1.165, 1.54) is 6.20 Å². The molecule has 1 aliphatic heterocycles. The third kappa shape index (κ3) is 2.27. The van der Waals surface area contributed by atoms with E-state index in [-0.39, 0.29) is 12.0 Å². The molecule has 1 aromatic heterocycles. The summed E-state index contributed by atoms with van der Waals surface area (Å²) in [7, 11) is 0. The number of carbonyl (C=O) groups is 1. The molecule has 0 unspecified atom stereocenters. The fourth-order valence-electron chi connectivity index (χ4n) is 1.37. The largest absolute Gasteiger partial charge is 0.376 e. The maximum absolute atomic E-state index is 11.4. The van der Waals surface area contributed by atoms with Crippen LogP contribution in [0.1, 0.15) is 23.3 Å². The molecule has 1 N–H and O–H groups in total. The number of carbonyl (C=O) groups excluding carboxylic acids is 1. The zero-order valence-corrected chi connectivity index (χ0v) is 8.42. The minimum atomic E-state index is -0.172. The van der Waals surface area contributed by atoms with Gasteiger partial charge in [-0.2, -0.15) is 8.75 Å². The van der Waals surface area contributed by atoms with Crippen molar-refractivity contribution in [1.29, 1.82) is 0 Å². The highest BCUT2D eigenvalue weighted by Crippen LogP contribution is 2.10. The van der Waals surface area contributed by atoms with E-state index in [9.17, 15) is 4.79 Å². The number of nitrogens with one attached hydrogen (secondary N) is 1. The maximum atomic E-state index is 11.4. The van der Waals surface area contributed by atoms with Crippen molar-refractivity contribution < 1.29 is 9.53 Å². The van der Waals surface area contributed by atoms with Gasteiger partial charge in [0.15, 0.2) is 5.69 Å². The zero-order chi connectivity index (χ0) is 9.80. The molecular formula is C8H11N3O2S. The van der Waals surface area contributed by atoms with Crippen LogP contribution in [0.5, 0.6) is 0 Å². The van der Waals surface area contributed by atoms with E-state index in [4.69, 9.17) is 4.74 Å². The van der Waals surface area contributed by atoms with E-state index in [2.05, 4.69) is 14.1 Å². The summed E-state index contributed by atoms with van der Waals surface area (Å²) in [6.07, 6.45) is 3.75. The third-order valence-electron chi connectivity index (χ3n) is 2.11. The van der Waals surface area contributed by atoms with Crippen molar-refractivity contribution in [3.05, 3.63) is 11.9 Å². The van der Waals surface area contributed by atoms with Crippen LogP contribution in [0.3, 0.4) is 0 Å². The molecule has 0 aromatic carbocycles. The predicted octanol–water partition coefficient (Wildman–Crippen LogP) is 0.447. The smallest absolute Gasteiger partial charge is 0.272 e. The van der Waals surface area contributed by atoms with Gasteiger partial charge in [0, 0.05) is 13.2 Å². The van der Waals surface area contributed by atoms with Gasteiger partial charge in [0.05, 0.1) is 24.0 Å². The van der Waals surface area contributed by atoms with Gasteiger partial charge in [0.2, 0.25) is 0 Å². The molecule has 1 fully saturated rings. The highest BCUT2D eigenvalue weighted by Gasteiger charge is 2.17. The fraction of sp³-hybridized carbons (Fsp3) is 0.625. The van der Waals surface area contributed by atoms with Crippen LogP contribution in [-0.2, 0) is 4.74 Å². The van der Waals surface area contributed by atoms with Crippen LogP contribution in [0.25, 0.3) is 0 Å². The Kier molecular flexibility index (Phi) is 3.05. The topological polar surface area (TPSA) is 64.1 Å². The Bertz CT molecular complexity index is 296. The Morgan fingerprint density at radius 3 is 3.36 bits per heavy atom. The van der Waals surface area contributed by atoms with Gasteiger partial charge < -0.3 is 10.1 Å². The monoisotopic (exact) mass is 213 g/mol. The molecule has 0 radical (unpaired) electrons. The van der Waals surface area contributed by atoms with Gasteiger partial charge in [0.1, 0.15) is 0 Å². The molecule has 1 amide bonds. The Morgan fingerprint density at radius 2 is 2.71 bits per heavy atom. The summed E-state index contributed by atoms with van der Waals surface area (Å²) in [5, 5.41) is 2.77. The summed E-state index contributed by atoms with van der Waals surface area (Å²) in [6.45, 7) is 1.37. The summed E-state index contributed by atoms with van der Waals surface area (Å²) >= 11 is 1.03. The van der Waals surface area contributed by atoms with Gasteiger partial charge >= 0.3 is 0 Å². The Labute approximate surface area is 85.8 Å². The summed E-state index contributed by atoms with van der Waals surface area (Å²) in [5.74, 6) is -0.172. The highest BCUT2D eigenvalue weighted by molar-refractivity contribution is 6.99. The average Bonchev–Trinajstić information content (AvgIpc) is 2.87. The van der Waals surface area contributed by atoms with Crippen LogP contribution in [-0.4, -0.2) is 33.9 Å². The average molecular weight is 213 g/mol. The molecule has 2 rings (SSSR count). The molecule has 0 saturated carbocycles. The lowest BCUT2D eigenvalue weighted by atomic mass is 10.2. The molecule has 5 nitrogen and oxygen atoms in total. The first-order valence-corrected chi connectivity index (χ1v) is 5.26. The molecule has 1 saturated heterocycles. The van der Waals surface area contributed by atoms with Crippen LogP contribution in [0, 0.1) is 0 Å². The fourth-order valence-corrected chi connectivity index (χ4v) is 1.78. The van der Waals surface area contributed by atoms with E-state index < -0.39 is 0 Å². The second-order valence-electron chi connectivity index (χ2n) is 3.14. The zero-order valence-electron chi connectivity index (χ0n) is 7.60. The molecule has 6 heteroatoms. The van der Waals surface area contributed by atoms with E-state index in [0.29, 0.717) is 12.2 Å². The second-order valence-corrected chi connectivity index (χ2v) is 3.69. The Hall–Kier alpha value is -1.01. The van der Waals surface area contributed by atoms with Crippen LogP contribution in [0.15, 0.2) is 6.20 Å². The van der Waals surface area contributed by atoms with Crippen molar-refractivity contribution in [2.45, 2.75) is 18.9 Å². The summed E-state index contributed by atoms with van der Waals surface area (Å²) in [4.78, 5) is 11.4. The van der Waals surface area contributed by atoms with Crippen LogP contribution in [0.2, 0.25) is 0 Å². The first-order chi connectivity index (χ1) is 6.86. The molecule has 1 aromatic rings. The van der Waals surface area contributed by atoms with Crippen molar-refractivity contribution in [3.8, 4) is 0 Å². The first-order valence-electron chi connectivity index (χ1n) is 4.53. The van der Waals surface area contributed by atoms with E-state index in [1.54, 1.807) is 0 Å². The normalized spacial score (nSPS) is 21.0. The van der Waals surface area contributed by atoms with E-state index >= 15 is 0 Å². The summed E-state index contributed by atoms with van der Waals surface area (Å²) in [6, 6.07) is 0. The molecule has 76 valence electrons. The molecule has 1 atom stereocenters. The minimum Gasteiger partial charge on any atom is -0.376 e. The molecule has 0 aliphatic carbocycles. The summed E-state index contributed by atoms with van der Waals surface area (Å²) < 4.78 is 13.0. The lowest BCUT2D eigenvalue weighted by molar-refractivity contribution is 0.0854. The van der Waals surface area contributed by atoms with Crippen molar-refractivity contribution in [1.82, 2.24) is 14.1 Å². The van der Waals surface area contributed by atoms with Gasteiger partial charge in [0.25, 0.3) is 5.91 Å². The van der Waals surface area contributed by atoms with Crippen LogP contribution < -0.4 is 5.32 Å². The van der Waals surface area contributed by atoms with Crippen molar-refractivity contribution in [2.75, 3.05) is 13.2 Å². The molecular weight excluding hydrogens is 202 g/mol. The number of ether oxygens (including phenoxy) is 1. The lowest BCUT2D eigenvalue weighted by Gasteiger charge is -2.09. The number of rotatable bonds is 3. The standard InChI is InChI=1S/C8H11N3O2S/c12-8(7-5-10-14-11-7)9-4-6-2-1-3-13-6/h5-6H,1-4H2,(H,9,12)/t6-/m0/s1. The van der Waals surface area contributed by atoms with Gasteiger partial charge in [-0.25, -0.2) is 0 Å². The van der Waals surface area contributed by atoms with E-state index in [0.717, 1.165) is 31.2 Å². The van der Waals surface area contributed by atoms with Crippen LogP contribution in [0.4, 0.5) is 0 Å². The predicted molar refractivity (Wildman–Crippen MR) is 51.2 cm³/mol. The van der Waals surface area contributed by atoms with Crippen molar-refractivity contribution in [2.24, 2.45) is 0 Å². The second kappa shape index (κ2) is 4.47. The SMILES string of the molecule is O=C(NC[C@@H]1CCCO1)c1cnsn1. The van der Waals surface area contributed by atoms with E-state index in [1.807, 2.05) is 0 Å². The maximum Gasteiger partial charge on any atom is 0.272 e. The first kappa shape index (κ1) is 9.54. The molecule has 2 heterocycles. The molecule has 14 heavy (non-hydrogen) atoms. The number of aromatic nitrogens is 2. The molecule has 0 bridgehead atoms. The van der Waals surface area contributed by atoms with Gasteiger partial charge in [-0.15, -0.1) is 0 Å². The number of nitrogens with zero attached hydrogens (tertiary/aromatic N) is 2. The van der Waals surface area contributed by atoms with Gasteiger partial charge in [-0.05, 0) is 12.8 Å². The Morgan fingerprint density at radius 1 is 1.79 bits per heavy atom. The van der Waals surface area contributed by atoms with Gasteiger partial charge in [-0.3, -0.25) is 4.79 Å². The quantitative estimate of drug-likeness (QED) is 0.791. The number of hydrogen-bond acceptors (Lipinski definition) is 5. The van der Waals surface area contributed by atoms with Crippen molar-refractivity contribution in [3.63, 3.8) is 0 Å². The van der Waals surface area contributed by atoms with Crippen LogP contribution >= 0.6 is 11.7 Å². The number of amides is 1. The highest BCUT2D eigenvalue weighted by atomic mass is 32.1. The lowest BCUT2D eigenvalue weighted by Crippen LogP contribution is -2.31. The molecule has 0 spiro atoms. The Balaban J connectivity index is 1.78. The summed E-state index contributed by atoms with van der Waals surface area (Å²) in [5.41, 5.74) is 0.382. The van der Waals surface area contributed by atoms with Crippen molar-refractivity contribution >= 4 is 17.6 Å². The molecule has 1 aliphatic rings.